The maximum atomic E-state index is 13.9. The van der Waals surface area contributed by atoms with Crippen LogP contribution in [0, 0.1) is 11.8 Å². The number of benzene rings is 1. The van der Waals surface area contributed by atoms with Crippen LogP contribution in [0.2, 0.25) is 0 Å². The first kappa shape index (κ1) is 21.1. The molecular weight excluding hydrogens is 383 g/mol. The van der Waals surface area contributed by atoms with Crippen LogP contribution in [0.4, 0.5) is 19.0 Å². The number of amidine groups is 1. The molecule has 1 saturated heterocycles. The molecule has 3 rings (SSSR count). The van der Waals surface area contributed by atoms with Crippen molar-refractivity contribution in [3.8, 4) is 0 Å². The molecule has 0 bridgehead atoms. The van der Waals surface area contributed by atoms with Gasteiger partial charge >= 0.3 is 0 Å². The summed E-state index contributed by atoms with van der Waals surface area (Å²) in [5.74, 6) is -0.303. The zero-order valence-corrected chi connectivity index (χ0v) is 15.9. The van der Waals surface area contributed by atoms with Crippen LogP contribution in [-0.2, 0) is 0 Å². The van der Waals surface area contributed by atoms with Crippen LogP contribution < -0.4 is 10.6 Å². The van der Waals surface area contributed by atoms with Gasteiger partial charge in [-0.2, -0.15) is 4.39 Å². The molecule has 3 N–H and O–H groups in total. The highest BCUT2D eigenvalue weighted by Crippen LogP contribution is 2.27. The van der Waals surface area contributed by atoms with Crippen LogP contribution in [0.1, 0.15) is 6.42 Å². The second kappa shape index (κ2) is 9.71. The molecule has 0 amide bonds. The molecule has 1 aliphatic rings. The number of nitrogens with zero attached hydrogens (tertiary/aromatic N) is 4. The second-order valence-corrected chi connectivity index (χ2v) is 6.97. The van der Waals surface area contributed by atoms with Crippen LogP contribution in [-0.4, -0.2) is 66.2 Å². The minimum Gasteiger partial charge on any atom is -0.390 e. The van der Waals surface area contributed by atoms with Gasteiger partial charge in [0.1, 0.15) is 11.6 Å². The number of aromatic nitrogens is 1. The number of nitrogens with two attached hydrogens (primary N) is 1. The highest BCUT2D eigenvalue weighted by molar-refractivity contribution is 5.92. The third-order valence-corrected chi connectivity index (χ3v) is 4.81. The summed E-state index contributed by atoms with van der Waals surface area (Å²) in [5.41, 5.74) is 5.63. The van der Waals surface area contributed by atoms with Gasteiger partial charge in [-0.25, -0.2) is 13.8 Å². The highest BCUT2D eigenvalue weighted by atomic mass is 19.1. The highest BCUT2D eigenvalue weighted by Gasteiger charge is 2.22. The van der Waals surface area contributed by atoms with Gasteiger partial charge in [-0.15, -0.1) is 0 Å². The van der Waals surface area contributed by atoms with Crippen molar-refractivity contribution in [2.75, 3.05) is 44.2 Å². The van der Waals surface area contributed by atoms with E-state index in [4.69, 9.17) is 5.73 Å². The number of β-amino-alcohol motifs (C(OH)–C–C–N with tert-alkyl or cyclic N) is 1. The number of fused-ring (bicyclic) bond motifs is 1. The summed E-state index contributed by atoms with van der Waals surface area (Å²) in [5, 5.41) is 11.3. The summed E-state index contributed by atoms with van der Waals surface area (Å²) < 4.78 is 39.5. The van der Waals surface area contributed by atoms with Crippen molar-refractivity contribution in [1.82, 2.24) is 9.88 Å². The number of halogens is 3. The molecule has 1 fully saturated rings. The van der Waals surface area contributed by atoms with E-state index in [2.05, 4.69) is 14.9 Å². The number of aliphatic imine (C=N–C) groups is 1. The Hall–Kier alpha value is -2.65. The Balaban J connectivity index is 1.58. The number of rotatable bonds is 7. The Morgan fingerprint density at radius 3 is 2.72 bits per heavy atom. The van der Waals surface area contributed by atoms with Crippen molar-refractivity contribution < 1.29 is 18.3 Å². The van der Waals surface area contributed by atoms with Gasteiger partial charge in [0.15, 0.2) is 0 Å². The van der Waals surface area contributed by atoms with Crippen LogP contribution in [0.5, 0.6) is 0 Å². The number of anilines is 1. The summed E-state index contributed by atoms with van der Waals surface area (Å²) in [6, 6.07) is 5.50. The van der Waals surface area contributed by atoms with Gasteiger partial charge in [0, 0.05) is 50.6 Å². The maximum Gasteiger partial charge on any atom is 0.215 e. The molecular formula is C20H24F3N5O. The third kappa shape index (κ3) is 5.68. The summed E-state index contributed by atoms with van der Waals surface area (Å²) in [4.78, 5) is 12.0. The van der Waals surface area contributed by atoms with Crippen LogP contribution in [0.25, 0.3) is 10.8 Å². The van der Waals surface area contributed by atoms with E-state index in [-0.39, 0.29) is 18.8 Å². The topological polar surface area (TPSA) is 78.0 Å². The van der Waals surface area contributed by atoms with E-state index >= 15 is 0 Å². The van der Waals surface area contributed by atoms with E-state index in [0.29, 0.717) is 55.6 Å². The molecule has 0 radical (unpaired) electrons. The molecule has 1 aromatic carbocycles. The zero-order chi connectivity index (χ0) is 20.8. The van der Waals surface area contributed by atoms with Crippen LogP contribution in [0.15, 0.2) is 41.7 Å². The molecule has 1 atom stereocenters. The SMILES string of the molecule is NC(C/C=C/F)=NCC(O)CN1CCN(c2nc(F)cc3ccc(F)cc23)CC1. The monoisotopic (exact) mass is 407 g/mol. The van der Waals surface area contributed by atoms with E-state index in [9.17, 15) is 18.3 Å². The minimum atomic E-state index is -0.698. The van der Waals surface area contributed by atoms with Crippen molar-refractivity contribution in [2.45, 2.75) is 12.5 Å². The quantitative estimate of drug-likeness (QED) is 0.418. The number of hydrogen-bond donors (Lipinski definition) is 2. The van der Waals surface area contributed by atoms with Crippen LogP contribution >= 0.6 is 0 Å². The first-order valence-electron chi connectivity index (χ1n) is 9.41. The average Bonchev–Trinajstić information content (AvgIpc) is 2.71. The lowest BCUT2D eigenvalue weighted by molar-refractivity contribution is 0.115. The van der Waals surface area contributed by atoms with Gasteiger partial charge in [-0.05, 0) is 23.6 Å². The summed E-state index contributed by atoms with van der Waals surface area (Å²) in [6.07, 6.45) is 1.16. The fourth-order valence-electron chi connectivity index (χ4n) is 3.36. The third-order valence-electron chi connectivity index (χ3n) is 4.81. The Labute approximate surface area is 167 Å². The molecule has 0 spiro atoms. The zero-order valence-electron chi connectivity index (χ0n) is 15.9. The second-order valence-electron chi connectivity index (χ2n) is 6.97. The minimum absolute atomic E-state index is 0.140. The number of aliphatic hydroxyl groups is 1. The molecule has 29 heavy (non-hydrogen) atoms. The van der Waals surface area contributed by atoms with Crippen LogP contribution in [0.3, 0.4) is 0 Å². The summed E-state index contributed by atoms with van der Waals surface area (Å²) in [7, 11) is 0. The predicted molar refractivity (Wildman–Crippen MR) is 108 cm³/mol. The fourth-order valence-corrected chi connectivity index (χ4v) is 3.36. The van der Waals surface area contributed by atoms with Gasteiger partial charge in [0.05, 0.1) is 24.8 Å². The van der Waals surface area contributed by atoms with Crippen molar-refractivity contribution >= 4 is 22.4 Å². The normalized spacial score (nSPS) is 17.4. The van der Waals surface area contributed by atoms with Crippen molar-refractivity contribution in [2.24, 2.45) is 10.7 Å². The van der Waals surface area contributed by atoms with Gasteiger partial charge in [0.25, 0.3) is 0 Å². The Morgan fingerprint density at radius 1 is 1.24 bits per heavy atom. The Morgan fingerprint density at radius 2 is 2.00 bits per heavy atom. The first-order chi connectivity index (χ1) is 14.0. The molecule has 0 saturated carbocycles. The summed E-state index contributed by atoms with van der Waals surface area (Å²) in [6.45, 7) is 2.96. The average molecular weight is 407 g/mol. The Bertz CT molecular complexity index is 897. The lowest BCUT2D eigenvalue weighted by Gasteiger charge is -2.36. The van der Waals surface area contributed by atoms with Gasteiger partial charge in [-0.3, -0.25) is 9.89 Å². The largest absolute Gasteiger partial charge is 0.390 e. The van der Waals surface area contributed by atoms with Gasteiger partial charge < -0.3 is 15.7 Å². The van der Waals surface area contributed by atoms with Crippen molar-refractivity contribution in [1.29, 1.82) is 0 Å². The lowest BCUT2D eigenvalue weighted by Crippen LogP contribution is -2.49. The maximum absolute atomic E-state index is 13.9. The van der Waals surface area contributed by atoms with E-state index in [1.54, 1.807) is 6.07 Å². The number of hydrogen-bond acceptors (Lipinski definition) is 5. The van der Waals surface area contributed by atoms with Gasteiger partial charge in [0.2, 0.25) is 5.95 Å². The molecule has 9 heteroatoms. The lowest BCUT2D eigenvalue weighted by atomic mass is 10.1. The van der Waals surface area contributed by atoms with E-state index < -0.39 is 17.9 Å². The fraction of sp³-hybridized carbons (Fsp3) is 0.400. The van der Waals surface area contributed by atoms with E-state index in [1.165, 1.54) is 24.3 Å². The predicted octanol–water partition coefficient (Wildman–Crippen LogP) is 2.23. The van der Waals surface area contributed by atoms with Gasteiger partial charge in [-0.1, -0.05) is 6.07 Å². The summed E-state index contributed by atoms with van der Waals surface area (Å²) >= 11 is 0. The van der Waals surface area contributed by atoms with E-state index in [1.807, 2.05) is 4.90 Å². The molecule has 0 aliphatic carbocycles. The number of piperazine rings is 1. The molecule has 2 aromatic rings. The molecule has 1 unspecified atom stereocenters. The molecule has 1 aliphatic heterocycles. The number of pyridine rings is 1. The van der Waals surface area contributed by atoms with Crippen molar-refractivity contribution in [3.05, 3.63) is 48.4 Å². The molecule has 156 valence electrons. The van der Waals surface area contributed by atoms with Crippen molar-refractivity contribution in [3.63, 3.8) is 0 Å². The smallest absolute Gasteiger partial charge is 0.215 e. The molecule has 1 aromatic heterocycles. The van der Waals surface area contributed by atoms with E-state index in [0.717, 1.165) is 0 Å². The first-order valence-corrected chi connectivity index (χ1v) is 9.41. The standard InChI is InChI=1S/C20H24F3N5O/c21-5-1-2-19(24)25-12-16(29)13-27-6-8-28(9-7-27)20-17-11-15(22)4-3-14(17)10-18(23)26-20/h1,3-5,10-11,16,29H,2,6-9,12-13H2,(H2,24,25)/b5-1+. The number of aliphatic hydroxyl groups excluding tert-OH is 1. The molecule has 2 heterocycles. The molecule has 6 nitrogen and oxygen atoms in total. The Kier molecular flexibility index (Phi) is 7.05.